The Labute approximate surface area is 90.8 Å². The summed E-state index contributed by atoms with van der Waals surface area (Å²) in [5.74, 6) is 0.757. The summed E-state index contributed by atoms with van der Waals surface area (Å²) in [4.78, 5) is 0. The average molecular weight is 196 g/mol. The first-order chi connectivity index (χ1) is 6.43. The summed E-state index contributed by atoms with van der Waals surface area (Å²) in [6.45, 7) is 13.9. The molecule has 0 aromatic carbocycles. The highest BCUT2D eigenvalue weighted by atomic mass is 14.2. The van der Waals surface area contributed by atoms with Crippen molar-refractivity contribution in [2.45, 2.75) is 67.2 Å². The standard InChI is InChI=1S/C14H28/c1-7-10-14(5,6)11-9-13(4)12(3)8-2/h9,12H,7-8,10-11H2,1-6H3. The fourth-order valence-corrected chi connectivity index (χ4v) is 1.74. The molecule has 0 amide bonds. The van der Waals surface area contributed by atoms with Gasteiger partial charge in [-0.2, -0.15) is 0 Å². The van der Waals surface area contributed by atoms with Crippen molar-refractivity contribution in [2.75, 3.05) is 0 Å². The van der Waals surface area contributed by atoms with Crippen LogP contribution >= 0.6 is 0 Å². The lowest BCUT2D eigenvalue weighted by molar-refractivity contribution is 0.334. The van der Waals surface area contributed by atoms with Crippen LogP contribution in [0.1, 0.15) is 67.2 Å². The lowest BCUT2D eigenvalue weighted by Gasteiger charge is -2.23. The molecule has 84 valence electrons. The maximum atomic E-state index is 2.45. The van der Waals surface area contributed by atoms with E-state index in [0.29, 0.717) is 5.41 Å². The van der Waals surface area contributed by atoms with Gasteiger partial charge in [-0.25, -0.2) is 0 Å². The first-order valence-corrected chi connectivity index (χ1v) is 6.09. The number of hydrogen-bond donors (Lipinski definition) is 0. The van der Waals surface area contributed by atoms with Crippen molar-refractivity contribution in [1.29, 1.82) is 0 Å². The highest BCUT2D eigenvalue weighted by molar-refractivity contribution is 5.03. The molecule has 0 N–H and O–H groups in total. The maximum Gasteiger partial charge on any atom is -0.0237 e. The van der Waals surface area contributed by atoms with Crippen LogP contribution < -0.4 is 0 Å². The molecule has 1 unspecified atom stereocenters. The van der Waals surface area contributed by atoms with Gasteiger partial charge in [0.05, 0.1) is 0 Å². The predicted molar refractivity (Wildman–Crippen MR) is 66.5 cm³/mol. The molecule has 0 saturated carbocycles. The van der Waals surface area contributed by atoms with E-state index in [9.17, 15) is 0 Å². The average Bonchev–Trinajstić information content (AvgIpc) is 2.13. The van der Waals surface area contributed by atoms with E-state index >= 15 is 0 Å². The van der Waals surface area contributed by atoms with Gasteiger partial charge < -0.3 is 0 Å². The van der Waals surface area contributed by atoms with Crippen LogP contribution in [0.2, 0.25) is 0 Å². The summed E-state index contributed by atoms with van der Waals surface area (Å²) in [5, 5.41) is 0. The van der Waals surface area contributed by atoms with Gasteiger partial charge in [-0.15, -0.1) is 0 Å². The number of hydrogen-bond acceptors (Lipinski definition) is 0. The molecule has 0 nitrogen and oxygen atoms in total. The van der Waals surface area contributed by atoms with Crippen molar-refractivity contribution in [1.82, 2.24) is 0 Å². The third-order valence-electron chi connectivity index (χ3n) is 3.29. The summed E-state index contributed by atoms with van der Waals surface area (Å²) in [7, 11) is 0. The number of rotatable bonds is 6. The van der Waals surface area contributed by atoms with Crippen molar-refractivity contribution in [3.63, 3.8) is 0 Å². The van der Waals surface area contributed by atoms with Gasteiger partial charge in [0.2, 0.25) is 0 Å². The molecule has 0 heterocycles. The van der Waals surface area contributed by atoms with Crippen LogP contribution in [0.25, 0.3) is 0 Å². The molecule has 0 fully saturated rings. The lowest BCUT2D eigenvalue weighted by atomic mass is 9.83. The second-order valence-corrected chi connectivity index (χ2v) is 5.38. The van der Waals surface area contributed by atoms with E-state index < -0.39 is 0 Å². The van der Waals surface area contributed by atoms with Gasteiger partial charge in [0, 0.05) is 0 Å². The van der Waals surface area contributed by atoms with Crippen molar-refractivity contribution >= 4 is 0 Å². The van der Waals surface area contributed by atoms with Crippen LogP contribution in [0.3, 0.4) is 0 Å². The Morgan fingerprint density at radius 1 is 1.29 bits per heavy atom. The van der Waals surface area contributed by atoms with Gasteiger partial charge in [0.25, 0.3) is 0 Å². The molecule has 0 heteroatoms. The van der Waals surface area contributed by atoms with Gasteiger partial charge in [-0.3, -0.25) is 0 Å². The van der Waals surface area contributed by atoms with Crippen LogP contribution in [0.15, 0.2) is 11.6 Å². The Kier molecular flexibility index (Phi) is 6.15. The first-order valence-electron chi connectivity index (χ1n) is 6.09. The fraction of sp³-hybridized carbons (Fsp3) is 0.857. The third kappa shape index (κ3) is 5.47. The van der Waals surface area contributed by atoms with E-state index in [0.717, 1.165) is 5.92 Å². The highest BCUT2D eigenvalue weighted by Gasteiger charge is 2.15. The molecule has 0 aliphatic heterocycles. The molecule has 0 rings (SSSR count). The van der Waals surface area contributed by atoms with Gasteiger partial charge in [0.1, 0.15) is 0 Å². The zero-order valence-corrected chi connectivity index (χ0v) is 11.0. The van der Waals surface area contributed by atoms with E-state index in [4.69, 9.17) is 0 Å². The minimum Gasteiger partial charge on any atom is -0.0848 e. The number of allylic oxidation sites excluding steroid dienone is 2. The topological polar surface area (TPSA) is 0 Å². The lowest BCUT2D eigenvalue weighted by Crippen LogP contribution is -2.09. The fourth-order valence-electron chi connectivity index (χ4n) is 1.74. The van der Waals surface area contributed by atoms with E-state index in [2.05, 4.69) is 47.6 Å². The highest BCUT2D eigenvalue weighted by Crippen LogP contribution is 2.28. The summed E-state index contributed by atoms with van der Waals surface area (Å²) in [5.41, 5.74) is 2.06. The van der Waals surface area contributed by atoms with Crippen LogP contribution in [0, 0.1) is 11.3 Å². The van der Waals surface area contributed by atoms with E-state index in [1.165, 1.54) is 25.7 Å². The smallest absolute Gasteiger partial charge is 0.0237 e. The molecule has 0 aromatic heterocycles. The summed E-state index contributed by atoms with van der Waals surface area (Å²) >= 11 is 0. The Morgan fingerprint density at radius 2 is 1.86 bits per heavy atom. The zero-order chi connectivity index (χ0) is 11.2. The van der Waals surface area contributed by atoms with Gasteiger partial charge >= 0.3 is 0 Å². The minimum atomic E-state index is 0.490. The molecular formula is C14H28. The molecule has 0 radical (unpaired) electrons. The molecule has 1 atom stereocenters. The van der Waals surface area contributed by atoms with Crippen LogP contribution in [0.5, 0.6) is 0 Å². The van der Waals surface area contributed by atoms with E-state index in [1.54, 1.807) is 5.57 Å². The largest absolute Gasteiger partial charge is 0.0848 e. The van der Waals surface area contributed by atoms with E-state index in [-0.39, 0.29) is 0 Å². The summed E-state index contributed by atoms with van der Waals surface area (Å²) in [6.07, 6.45) is 7.57. The monoisotopic (exact) mass is 196 g/mol. The Morgan fingerprint density at radius 3 is 2.29 bits per heavy atom. The third-order valence-corrected chi connectivity index (χ3v) is 3.29. The van der Waals surface area contributed by atoms with Crippen LogP contribution in [-0.4, -0.2) is 0 Å². The van der Waals surface area contributed by atoms with Crippen molar-refractivity contribution < 1.29 is 0 Å². The molecular weight excluding hydrogens is 168 g/mol. The van der Waals surface area contributed by atoms with Crippen molar-refractivity contribution in [3.8, 4) is 0 Å². The van der Waals surface area contributed by atoms with Gasteiger partial charge in [-0.05, 0) is 37.5 Å². The summed E-state index contributed by atoms with van der Waals surface area (Å²) in [6, 6.07) is 0. The molecule has 0 saturated heterocycles. The normalized spacial score (nSPS) is 15.7. The summed E-state index contributed by atoms with van der Waals surface area (Å²) < 4.78 is 0. The van der Waals surface area contributed by atoms with E-state index in [1.807, 2.05) is 0 Å². The Hall–Kier alpha value is -0.260. The second kappa shape index (κ2) is 6.27. The molecule has 0 spiro atoms. The zero-order valence-electron chi connectivity index (χ0n) is 11.0. The quantitative estimate of drug-likeness (QED) is 0.512. The predicted octanol–water partition coefficient (Wildman–Crippen LogP) is 5.20. The first kappa shape index (κ1) is 13.7. The Balaban J connectivity index is 4.12. The molecule has 0 bridgehead atoms. The van der Waals surface area contributed by atoms with Crippen molar-refractivity contribution in [3.05, 3.63) is 11.6 Å². The van der Waals surface area contributed by atoms with Crippen LogP contribution in [-0.2, 0) is 0 Å². The Bertz CT molecular complexity index is 174. The molecule has 0 aromatic rings. The molecule has 14 heavy (non-hydrogen) atoms. The van der Waals surface area contributed by atoms with Crippen LogP contribution in [0.4, 0.5) is 0 Å². The van der Waals surface area contributed by atoms with Gasteiger partial charge in [-0.1, -0.05) is 52.7 Å². The molecule has 0 aliphatic rings. The van der Waals surface area contributed by atoms with Gasteiger partial charge in [0.15, 0.2) is 0 Å². The van der Waals surface area contributed by atoms with Crippen molar-refractivity contribution in [2.24, 2.45) is 11.3 Å². The minimum absolute atomic E-state index is 0.490. The maximum absolute atomic E-state index is 2.45. The SMILES string of the molecule is CCCC(C)(C)CC=C(C)C(C)CC. The second-order valence-electron chi connectivity index (χ2n) is 5.38. The molecule has 0 aliphatic carbocycles.